The van der Waals surface area contributed by atoms with Crippen LogP contribution in [-0.4, -0.2) is 0 Å². The van der Waals surface area contributed by atoms with Crippen molar-refractivity contribution in [3.05, 3.63) is 12.2 Å². The van der Waals surface area contributed by atoms with Crippen LogP contribution in [0.4, 0.5) is 0 Å². The van der Waals surface area contributed by atoms with Crippen molar-refractivity contribution in [3.8, 4) is 0 Å². The lowest BCUT2D eigenvalue weighted by Gasteiger charge is -1.95. The highest BCUT2D eigenvalue weighted by Gasteiger charge is 2.84. The summed E-state index contributed by atoms with van der Waals surface area (Å²) in [6.45, 7) is 9.15. The molecule has 0 aromatic rings. The van der Waals surface area contributed by atoms with Crippen molar-refractivity contribution < 1.29 is 0 Å². The first-order chi connectivity index (χ1) is 7.62. The Morgan fingerprint density at radius 1 is 1.06 bits per heavy atom. The fraction of sp³-hybridized carbons (Fsp3) is 0.875. The molecule has 7 atom stereocenters. The first-order valence-electron chi connectivity index (χ1n) is 7.30. The summed E-state index contributed by atoms with van der Waals surface area (Å²) in [7, 11) is 0. The van der Waals surface area contributed by atoms with Crippen molar-refractivity contribution in [3.63, 3.8) is 0 Å². The van der Waals surface area contributed by atoms with Crippen molar-refractivity contribution in [2.75, 3.05) is 0 Å². The molecule has 0 aromatic carbocycles. The Balaban J connectivity index is 1.40. The van der Waals surface area contributed by atoms with Crippen LogP contribution < -0.4 is 0 Å². The Labute approximate surface area is 98.5 Å². The van der Waals surface area contributed by atoms with Gasteiger partial charge in [-0.15, -0.1) is 0 Å². The molecule has 0 saturated heterocycles. The van der Waals surface area contributed by atoms with Crippen LogP contribution in [0.5, 0.6) is 0 Å². The van der Waals surface area contributed by atoms with Gasteiger partial charge in [0, 0.05) is 0 Å². The van der Waals surface area contributed by atoms with Crippen molar-refractivity contribution in [1.82, 2.24) is 0 Å². The van der Waals surface area contributed by atoms with Crippen LogP contribution in [0.25, 0.3) is 0 Å². The topological polar surface area (TPSA) is 0 Å². The first kappa shape index (κ1) is 8.78. The number of hydrogen-bond donors (Lipinski definition) is 0. The quantitative estimate of drug-likeness (QED) is 0.612. The zero-order chi connectivity index (χ0) is 10.9. The molecule has 0 radical (unpaired) electrons. The molecule has 5 saturated carbocycles. The van der Waals surface area contributed by atoms with Crippen molar-refractivity contribution in [2.24, 2.45) is 46.3 Å². The second-order valence-electron chi connectivity index (χ2n) is 7.82. The minimum absolute atomic E-state index is 0.874. The summed E-state index contributed by atoms with van der Waals surface area (Å²) >= 11 is 0. The third kappa shape index (κ3) is 0.744. The fourth-order valence-electron chi connectivity index (χ4n) is 5.78. The molecule has 5 rings (SSSR count). The molecule has 7 unspecified atom stereocenters. The average Bonchev–Trinajstić information content (AvgIpc) is 3.04. The number of hydrogen-bond acceptors (Lipinski definition) is 0. The molecule has 0 heteroatoms. The molecule has 86 valence electrons. The normalized spacial score (nSPS) is 67.2. The molecule has 0 amide bonds. The van der Waals surface area contributed by atoms with E-state index in [9.17, 15) is 0 Å². The van der Waals surface area contributed by atoms with Gasteiger partial charge in [0.2, 0.25) is 0 Å². The summed E-state index contributed by atoms with van der Waals surface area (Å²) in [4.78, 5) is 0. The van der Waals surface area contributed by atoms with E-state index in [1.54, 1.807) is 31.3 Å². The highest BCUT2D eigenvalue weighted by atomic mass is 14.9. The van der Waals surface area contributed by atoms with Gasteiger partial charge in [-0.1, -0.05) is 26.0 Å². The zero-order valence-electron chi connectivity index (χ0n) is 10.5. The van der Waals surface area contributed by atoms with E-state index < -0.39 is 0 Å². The van der Waals surface area contributed by atoms with Crippen molar-refractivity contribution >= 4 is 0 Å². The second-order valence-corrected chi connectivity index (χ2v) is 7.82. The van der Waals surface area contributed by atoms with Crippen LogP contribution >= 0.6 is 0 Å². The largest absolute Gasteiger partial charge is 0.0993 e. The summed E-state index contributed by atoms with van der Waals surface area (Å²) in [5.74, 6) is 6.33. The van der Waals surface area contributed by atoms with E-state index in [1.807, 2.05) is 0 Å². The van der Waals surface area contributed by atoms with Gasteiger partial charge in [-0.05, 0) is 72.0 Å². The zero-order valence-corrected chi connectivity index (χ0v) is 10.5. The molecule has 5 aliphatic carbocycles. The average molecular weight is 214 g/mol. The second kappa shape index (κ2) is 2.06. The van der Waals surface area contributed by atoms with Gasteiger partial charge in [0.1, 0.15) is 0 Å². The summed E-state index contributed by atoms with van der Waals surface area (Å²) in [5, 5.41) is 0. The Kier molecular flexibility index (Phi) is 1.13. The van der Waals surface area contributed by atoms with Crippen LogP contribution in [-0.2, 0) is 0 Å². The van der Waals surface area contributed by atoms with E-state index >= 15 is 0 Å². The number of allylic oxidation sites excluding steroid dienone is 1. The minimum atomic E-state index is 0.874. The van der Waals surface area contributed by atoms with Gasteiger partial charge in [-0.25, -0.2) is 0 Å². The Hall–Kier alpha value is -0.260. The van der Waals surface area contributed by atoms with E-state index in [2.05, 4.69) is 20.4 Å². The Morgan fingerprint density at radius 3 is 2.06 bits per heavy atom. The standard InChI is InChI=1S/C16H22/c1-8-6-16(8)7-11(16)13-14(15(13)4-5-15)12-9(2)10(12)3/h8,10-14H,2,4-7H2,1,3H3. The Bertz CT molecular complexity index is 416. The van der Waals surface area contributed by atoms with Crippen LogP contribution in [0.1, 0.15) is 39.5 Å². The lowest BCUT2D eigenvalue weighted by Crippen LogP contribution is -1.92. The van der Waals surface area contributed by atoms with E-state index in [4.69, 9.17) is 0 Å². The molecule has 0 aromatic heterocycles. The van der Waals surface area contributed by atoms with Crippen molar-refractivity contribution in [2.45, 2.75) is 39.5 Å². The van der Waals surface area contributed by atoms with Gasteiger partial charge < -0.3 is 0 Å². The summed E-state index contributed by atoms with van der Waals surface area (Å²) in [5.41, 5.74) is 3.38. The molecule has 0 heterocycles. The molecule has 5 fully saturated rings. The summed E-state index contributed by atoms with van der Waals surface area (Å²) < 4.78 is 0. The highest BCUT2D eigenvalue weighted by Crippen LogP contribution is 2.91. The lowest BCUT2D eigenvalue weighted by molar-refractivity contribution is 0.515. The molecular weight excluding hydrogens is 192 g/mol. The molecular formula is C16H22. The van der Waals surface area contributed by atoms with Crippen molar-refractivity contribution in [1.29, 1.82) is 0 Å². The molecule has 2 spiro atoms. The predicted octanol–water partition coefficient (Wildman–Crippen LogP) is 3.88. The SMILES string of the molecule is C=C1C(C)C1C1C(C2CC23CC3C)C12CC2. The third-order valence-electron chi connectivity index (χ3n) is 7.38. The van der Waals surface area contributed by atoms with Gasteiger partial charge in [0.15, 0.2) is 0 Å². The summed E-state index contributed by atoms with van der Waals surface area (Å²) in [6.07, 6.45) is 6.31. The van der Waals surface area contributed by atoms with Gasteiger partial charge in [0.05, 0.1) is 0 Å². The minimum Gasteiger partial charge on any atom is -0.0993 e. The van der Waals surface area contributed by atoms with E-state index in [1.165, 1.54) is 0 Å². The highest BCUT2D eigenvalue weighted by molar-refractivity contribution is 5.39. The predicted molar refractivity (Wildman–Crippen MR) is 64.8 cm³/mol. The third-order valence-corrected chi connectivity index (χ3v) is 7.38. The summed E-state index contributed by atoms with van der Waals surface area (Å²) in [6, 6.07) is 0. The maximum Gasteiger partial charge on any atom is -0.0103 e. The van der Waals surface area contributed by atoms with Crippen LogP contribution in [0.2, 0.25) is 0 Å². The lowest BCUT2D eigenvalue weighted by atomic mass is 10.1. The maximum absolute atomic E-state index is 4.26. The molecule has 0 aliphatic heterocycles. The van der Waals surface area contributed by atoms with Gasteiger partial charge in [-0.2, -0.15) is 0 Å². The smallest absolute Gasteiger partial charge is 0.0103 e. The molecule has 0 nitrogen and oxygen atoms in total. The Morgan fingerprint density at radius 2 is 1.69 bits per heavy atom. The first-order valence-corrected chi connectivity index (χ1v) is 7.30. The van der Waals surface area contributed by atoms with Crippen LogP contribution in [0.15, 0.2) is 12.2 Å². The molecule has 0 N–H and O–H groups in total. The van der Waals surface area contributed by atoms with Gasteiger partial charge >= 0.3 is 0 Å². The van der Waals surface area contributed by atoms with Gasteiger partial charge in [0.25, 0.3) is 0 Å². The molecule has 16 heavy (non-hydrogen) atoms. The maximum atomic E-state index is 4.26. The van der Waals surface area contributed by atoms with Gasteiger partial charge in [-0.3, -0.25) is 0 Å². The molecule has 0 bridgehead atoms. The van der Waals surface area contributed by atoms with Crippen LogP contribution in [0, 0.1) is 46.3 Å². The monoisotopic (exact) mass is 214 g/mol. The number of rotatable bonds is 2. The van der Waals surface area contributed by atoms with E-state index in [0.717, 1.165) is 46.3 Å². The van der Waals surface area contributed by atoms with E-state index in [-0.39, 0.29) is 0 Å². The molecule has 5 aliphatic rings. The fourth-order valence-corrected chi connectivity index (χ4v) is 5.78. The van der Waals surface area contributed by atoms with Crippen LogP contribution in [0.3, 0.4) is 0 Å². The van der Waals surface area contributed by atoms with E-state index in [0.29, 0.717) is 0 Å².